The van der Waals surface area contributed by atoms with E-state index in [2.05, 4.69) is 15.0 Å². The number of carboxylic acid groups (broad SMARTS) is 1. The zero-order valence-electron chi connectivity index (χ0n) is 11.6. The molecule has 0 aromatic carbocycles. The van der Waals surface area contributed by atoms with E-state index in [-0.39, 0.29) is 5.56 Å². The van der Waals surface area contributed by atoms with Crippen LogP contribution in [0.3, 0.4) is 0 Å². The largest absolute Gasteiger partial charge is 0.478 e. The van der Waals surface area contributed by atoms with Gasteiger partial charge in [0.1, 0.15) is 22.2 Å². The maximum Gasteiger partial charge on any atom is 0.340 e. The maximum absolute atomic E-state index is 11.3. The van der Waals surface area contributed by atoms with Gasteiger partial charge in [-0.2, -0.15) is 0 Å². The van der Waals surface area contributed by atoms with Gasteiger partial charge in [0.2, 0.25) is 0 Å². The van der Waals surface area contributed by atoms with Crippen LogP contribution in [0.2, 0.25) is 0 Å². The Labute approximate surface area is 121 Å². The van der Waals surface area contributed by atoms with E-state index in [1.807, 2.05) is 17.7 Å². The molecule has 0 spiro atoms. The van der Waals surface area contributed by atoms with Crippen molar-refractivity contribution in [1.29, 1.82) is 0 Å². The van der Waals surface area contributed by atoms with E-state index in [9.17, 15) is 9.90 Å². The fourth-order valence-electron chi connectivity index (χ4n) is 1.93. The van der Waals surface area contributed by atoms with Gasteiger partial charge in [-0.1, -0.05) is 11.8 Å². The van der Waals surface area contributed by atoms with Gasteiger partial charge in [-0.15, -0.1) is 0 Å². The average Bonchev–Trinajstić information content (AvgIpc) is 2.82. The minimum Gasteiger partial charge on any atom is -0.478 e. The van der Waals surface area contributed by atoms with Gasteiger partial charge in [0.25, 0.3) is 0 Å². The smallest absolute Gasteiger partial charge is 0.340 e. The van der Waals surface area contributed by atoms with E-state index >= 15 is 0 Å². The van der Waals surface area contributed by atoms with Crippen LogP contribution in [-0.2, 0) is 12.3 Å². The molecule has 6 nitrogen and oxygen atoms in total. The number of carbonyl (C=O) groups is 1. The Balaban J connectivity index is 2.27. The number of thioether (sulfide) groups is 1. The third-order valence-corrected chi connectivity index (χ3v) is 3.83. The highest BCUT2D eigenvalue weighted by molar-refractivity contribution is 7.98. The molecule has 7 heteroatoms. The first-order valence-corrected chi connectivity index (χ1v) is 7.22. The zero-order chi connectivity index (χ0) is 14.7. The van der Waals surface area contributed by atoms with Crippen molar-refractivity contribution in [3.8, 4) is 0 Å². The van der Waals surface area contributed by atoms with Crippen LogP contribution in [0.25, 0.3) is 0 Å². The Bertz CT molecular complexity index is 639. The molecular weight excluding hydrogens is 276 g/mol. The topological polar surface area (TPSA) is 80.9 Å². The number of imidazole rings is 1. The summed E-state index contributed by atoms with van der Waals surface area (Å²) in [7, 11) is 0. The van der Waals surface area contributed by atoms with Crippen LogP contribution in [0, 0.1) is 13.8 Å². The number of nitrogens with zero attached hydrogens (tertiary/aromatic N) is 4. The highest BCUT2D eigenvalue weighted by Gasteiger charge is 2.18. The molecule has 0 aliphatic rings. The maximum atomic E-state index is 11.3. The van der Waals surface area contributed by atoms with E-state index < -0.39 is 5.97 Å². The third-order valence-electron chi connectivity index (χ3n) is 2.86. The molecular formula is C13H16N4O2S. The van der Waals surface area contributed by atoms with Crippen molar-refractivity contribution in [1.82, 2.24) is 19.5 Å². The van der Waals surface area contributed by atoms with Crippen molar-refractivity contribution < 1.29 is 9.90 Å². The number of hydrogen-bond acceptors (Lipinski definition) is 5. The second-order valence-electron chi connectivity index (χ2n) is 4.26. The number of aromatic nitrogens is 4. The van der Waals surface area contributed by atoms with Gasteiger partial charge in [0.05, 0.1) is 11.4 Å². The highest BCUT2D eigenvalue weighted by atomic mass is 32.2. The molecule has 0 amide bonds. The Kier molecular flexibility index (Phi) is 4.39. The Hall–Kier alpha value is -1.89. The Morgan fingerprint density at radius 1 is 1.40 bits per heavy atom. The van der Waals surface area contributed by atoms with E-state index in [1.165, 1.54) is 11.8 Å². The second-order valence-corrected chi connectivity index (χ2v) is 5.22. The normalized spacial score (nSPS) is 10.8. The summed E-state index contributed by atoms with van der Waals surface area (Å²) in [5, 5.41) is 9.77. The quantitative estimate of drug-likeness (QED) is 0.672. The fourth-order valence-corrected chi connectivity index (χ4v) is 3.02. The van der Waals surface area contributed by atoms with Gasteiger partial charge in [0.15, 0.2) is 0 Å². The lowest BCUT2D eigenvalue weighted by molar-refractivity contribution is 0.0690. The molecule has 0 saturated carbocycles. The lowest BCUT2D eigenvalue weighted by atomic mass is 10.2. The summed E-state index contributed by atoms with van der Waals surface area (Å²) in [5.74, 6) is 1.07. The standard InChI is InChI=1S/C13H16N4O2S/c1-4-17-6-5-14-10(17)7-20-12-11(13(18)19)8(2)15-9(3)16-12/h5-6H,4,7H2,1-3H3,(H,18,19). The Morgan fingerprint density at radius 3 is 2.80 bits per heavy atom. The summed E-state index contributed by atoms with van der Waals surface area (Å²) in [6.45, 7) is 6.33. The average molecular weight is 292 g/mol. The molecule has 20 heavy (non-hydrogen) atoms. The first-order chi connectivity index (χ1) is 9.52. The van der Waals surface area contributed by atoms with Crippen LogP contribution >= 0.6 is 11.8 Å². The monoisotopic (exact) mass is 292 g/mol. The first-order valence-electron chi connectivity index (χ1n) is 6.24. The summed E-state index contributed by atoms with van der Waals surface area (Å²) < 4.78 is 2.02. The number of aromatic carboxylic acids is 1. The molecule has 0 radical (unpaired) electrons. The molecule has 2 rings (SSSR count). The van der Waals surface area contributed by atoms with Crippen molar-refractivity contribution in [2.75, 3.05) is 0 Å². The SMILES string of the molecule is CCn1ccnc1CSc1nc(C)nc(C)c1C(=O)O. The van der Waals surface area contributed by atoms with Crippen molar-refractivity contribution in [3.05, 3.63) is 35.3 Å². The van der Waals surface area contributed by atoms with E-state index in [0.717, 1.165) is 12.4 Å². The highest BCUT2D eigenvalue weighted by Crippen LogP contribution is 2.25. The van der Waals surface area contributed by atoms with Gasteiger partial charge in [-0.3, -0.25) is 0 Å². The number of carboxylic acids is 1. The van der Waals surface area contributed by atoms with Crippen molar-refractivity contribution >= 4 is 17.7 Å². The molecule has 0 saturated heterocycles. The number of rotatable bonds is 5. The van der Waals surface area contributed by atoms with Gasteiger partial charge < -0.3 is 9.67 Å². The minimum atomic E-state index is -0.996. The van der Waals surface area contributed by atoms with Crippen molar-refractivity contribution in [2.24, 2.45) is 0 Å². The van der Waals surface area contributed by atoms with Crippen LogP contribution in [-0.4, -0.2) is 30.6 Å². The molecule has 2 aromatic heterocycles. The molecule has 0 fully saturated rings. The van der Waals surface area contributed by atoms with Gasteiger partial charge >= 0.3 is 5.97 Å². The lowest BCUT2D eigenvalue weighted by Gasteiger charge is -2.09. The summed E-state index contributed by atoms with van der Waals surface area (Å²) in [4.78, 5) is 23.9. The molecule has 0 atom stereocenters. The molecule has 0 aliphatic heterocycles. The lowest BCUT2D eigenvalue weighted by Crippen LogP contribution is -2.08. The first kappa shape index (κ1) is 14.5. The van der Waals surface area contributed by atoms with Gasteiger partial charge in [-0.25, -0.2) is 19.7 Å². The van der Waals surface area contributed by atoms with Crippen LogP contribution < -0.4 is 0 Å². The number of hydrogen-bond donors (Lipinski definition) is 1. The summed E-state index contributed by atoms with van der Waals surface area (Å²) >= 11 is 1.38. The van der Waals surface area contributed by atoms with Crippen LogP contribution in [0.5, 0.6) is 0 Å². The van der Waals surface area contributed by atoms with Crippen LogP contribution in [0.1, 0.15) is 34.6 Å². The summed E-state index contributed by atoms with van der Waals surface area (Å²) in [5.41, 5.74) is 0.668. The molecule has 0 aliphatic carbocycles. The predicted molar refractivity (Wildman–Crippen MR) is 75.9 cm³/mol. The second kappa shape index (κ2) is 6.04. The Morgan fingerprint density at radius 2 is 2.15 bits per heavy atom. The van der Waals surface area contributed by atoms with Crippen LogP contribution in [0.15, 0.2) is 17.4 Å². The van der Waals surface area contributed by atoms with E-state index in [4.69, 9.17) is 0 Å². The third kappa shape index (κ3) is 2.98. The minimum absolute atomic E-state index is 0.176. The summed E-state index contributed by atoms with van der Waals surface area (Å²) in [6, 6.07) is 0. The molecule has 2 aromatic rings. The van der Waals surface area contributed by atoms with E-state index in [1.54, 1.807) is 20.0 Å². The molecule has 0 bridgehead atoms. The van der Waals surface area contributed by atoms with Crippen molar-refractivity contribution in [3.63, 3.8) is 0 Å². The predicted octanol–water partition coefficient (Wildman–Crippen LogP) is 2.30. The summed E-state index contributed by atoms with van der Waals surface area (Å²) in [6.07, 6.45) is 3.65. The van der Waals surface area contributed by atoms with Crippen LogP contribution in [0.4, 0.5) is 0 Å². The van der Waals surface area contributed by atoms with Gasteiger partial charge in [0, 0.05) is 18.9 Å². The fraction of sp³-hybridized carbons (Fsp3) is 0.385. The van der Waals surface area contributed by atoms with Gasteiger partial charge in [-0.05, 0) is 20.8 Å². The van der Waals surface area contributed by atoms with E-state index in [0.29, 0.717) is 22.3 Å². The zero-order valence-corrected chi connectivity index (χ0v) is 12.4. The number of aryl methyl sites for hydroxylation is 3. The molecule has 1 N–H and O–H groups in total. The molecule has 106 valence electrons. The molecule has 2 heterocycles. The van der Waals surface area contributed by atoms with Crippen molar-refractivity contribution in [2.45, 2.75) is 38.1 Å². The molecule has 0 unspecified atom stereocenters.